The van der Waals surface area contributed by atoms with Crippen molar-refractivity contribution in [3.8, 4) is 5.75 Å². The first kappa shape index (κ1) is 15.6. The molecule has 0 spiro atoms. The fourth-order valence-electron chi connectivity index (χ4n) is 1.78. The Morgan fingerprint density at radius 2 is 1.95 bits per heavy atom. The van der Waals surface area contributed by atoms with E-state index in [2.05, 4.69) is 4.72 Å². The maximum Gasteiger partial charge on any atom is 0.240 e. The van der Waals surface area contributed by atoms with E-state index in [0.29, 0.717) is 16.3 Å². The van der Waals surface area contributed by atoms with Crippen LogP contribution in [-0.2, 0) is 16.6 Å². The number of nitrogen functional groups attached to an aromatic ring is 1. The van der Waals surface area contributed by atoms with Gasteiger partial charge in [-0.2, -0.15) is 0 Å². The van der Waals surface area contributed by atoms with Crippen molar-refractivity contribution in [1.82, 2.24) is 4.72 Å². The van der Waals surface area contributed by atoms with Gasteiger partial charge in [-0.05, 0) is 29.8 Å². The Balaban J connectivity index is 2.19. The molecule has 2 aromatic rings. The van der Waals surface area contributed by atoms with E-state index in [1.807, 2.05) is 0 Å². The highest BCUT2D eigenvalue weighted by Gasteiger charge is 2.16. The quantitative estimate of drug-likeness (QED) is 0.827. The molecule has 7 heteroatoms. The van der Waals surface area contributed by atoms with Crippen molar-refractivity contribution in [2.75, 3.05) is 12.8 Å². The molecule has 0 saturated carbocycles. The minimum Gasteiger partial charge on any atom is -0.495 e. The molecule has 5 nitrogen and oxygen atoms in total. The van der Waals surface area contributed by atoms with E-state index >= 15 is 0 Å². The van der Waals surface area contributed by atoms with E-state index in [9.17, 15) is 8.42 Å². The van der Waals surface area contributed by atoms with E-state index in [1.54, 1.807) is 24.3 Å². The van der Waals surface area contributed by atoms with Gasteiger partial charge in [0.05, 0.1) is 17.7 Å². The van der Waals surface area contributed by atoms with Crippen LogP contribution in [0.1, 0.15) is 5.56 Å². The van der Waals surface area contributed by atoms with Crippen LogP contribution in [0, 0.1) is 0 Å². The van der Waals surface area contributed by atoms with E-state index in [0.717, 1.165) is 0 Å². The molecule has 0 unspecified atom stereocenters. The molecule has 3 N–H and O–H groups in total. The first-order valence-electron chi connectivity index (χ1n) is 6.10. The fraction of sp³-hybridized carbons (Fsp3) is 0.143. The summed E-state index contributed by atoms with van der Waals surface area (Å²) in [6.45, 7) is 0.105. The van der Waals surface area contributed by atoms with Gasteiger partial charge in [-0.25, -0.2) is 13.1 Å². The van der Waals surface area contributed by atoms with Crippen molar-refractivity contribution in [3.05, 3.63) is 53.1 Å². The third-order valence-electron chi connectivity index (χ3n) is 2.92. The van der Waals surface area contributed by atoms with Crippen molar-refractivity contribution in [2.24, 2.45) is 0 Å². The zero-order valence-electron chi connectivity index (χ0n) is 11.3. The van der Waals surface area contributed by atoms with Gasteiger partial charge < -0.3 is 10.5 Å². The highest BCUT2D eigenvalue weighted by Crippen LogP contribution is 2.24. The van der Waals surface area contributed by atoms with Crippen molar-refractivity contribution in [2.45, 2.75) is 11.4 Å². The zero-order chi connectivity index (χ0) is 15.5. The SMILES string of the molecule is COc1ccc(S(=O)(=O)NCc2ccccc2Cl)cc1N. The smallest absolute Gasteiger partial charge is 0.240 e. The maximum atomic E-state index is 12.2. The third-order valence-corrected chi connectivity index (χ3v) is 4.69. The average molecular weight is 327 g/mol. The molecule has 0 heterocycles. The lowest BCUT2D eigenvalue weighted by molar-refractivity contribution is 0.416. The van der Waals surface area contributed by atoms with Crippen LogP contribution in [-0.4, -0.2) is 15.5 Å². The van der Waals surface area contributed by atoms with Crippen LogP contribution in [0.25, 0.3) is 0 Å². The monoisotopic (exact) mass is 326 g/mol. The largest absolute Gasteiger partial charge is 0.495 e. The first-order valence-corrected chi connectivity index (χ1v) is 7.97. The normalized spacial score (nSPS) is 11.3. The summed E-state index contributed by atoms with van der Waals surface area (Å²) in [4.78, 5) is 0.0767. The van der Waals surface area contributed by atoms with Gasteiger partial charge in [0.25, 0.3) is 0 Å². The summed E-state index contributed by atoms with van der Waals surface area (Å²) in [5, 5.41) is 0.509. The molecule has 0 bridgehead atoms. The molecule has 0 aromatic heterocycles. The Bertz CT molecular complexity index is 748. The van der Waals surface area contributed by atoms with Gasteiger partial charge in [-0.3, -0.25) is 0 Å². The molecule has 0 fully saturated rings. The molecule has 0 aliphatic rings. The van der Waals surface area contributed by atoms with Gasteiger partial charge >= 0.3 is 0 Å². The number of sulfonamides is 1. The molecule has 0 radical (unpaired) electrons. The van der Waals surface area contributed by atoms with Crippen LogP contribution in [0.4, 0.5) is 5.69 Å². The Hall–Kier alpha value is -1.76. The van der Waals surface area contributed by atoms with Gasteiger partial charge in [0.1, 0.15) is 5.75 Å². The second-order valence-corrected chi connectivity index (χ2v) is 6.49. The molecule has 2 rings (SSSR count). The van der Waals surface area contributed by atoms with Crippen LogP contribution in [0.5, 0.6) is 5.75 Å². The summed E-state index contributed by atoms with van der Waals surface area (Å²) in [6.07, 6.45) is 0. The first-order chi connectivity index (χ1) is 9.94. The molecular weight excluding hydrogens is 312 g/mol. The lowest BCUT2D eigenvalue weighted by Gasteiger charge is -2.10. The predicted molar refractivity (Wildman–Crippen MR) is 82.9 cm³/mol. The predicted octanol–water partition coefficient (Wildman–Crippen LogP) is 2.41. The highest BCUT2D eigenvalue weighted by molar-refractivity contribution is 7.89. The van der Waals surface area contributed by atoms with Crippen molar-refractivity contribution in [1.29, 1.82) is 0 Å². The van der Waals surface area contributed by atoms with Gasteiger partial charge in [0.15, 0.2) is 0 Å². The van der Waals surface area contributed by atoms with Crippen LogP contribution < -0.4 is 15.2 Å². The summed E-state index contributed by atoms with van der Waals surface area (Å²) < 4.78 is 31.9. The number of nitrogens with two attached hydrogens (primary N) is 1. The van der Waals surface area contributed by atoms with Crippen molar-refractivity contribution >= 4 is 27.3 Å². The molecule has 112 valence electrons. The number of ether oxygens (including phenoxy) is 1. The number of anilines is 1. The van der Waals surface area contributed by atoms with Gasteiger partial charge in [0, 0.05) is 11.6 Å². The fourth-order valence-corrected chi connectivity index (χ4v) is 3.02. The summed E-state index contributed by atoms with van der Waals surface area (Å²) >= 11 is 5.99. The molecule has 0 amide bonds. The topological polar surface area (TPSA) is 81.4 Å². The number of hydrogen-bond donors (Lipinski definition) is 2. The lowest BCUT2D eigenvalue weighted by Crippen LogP contribution is -2.23. The maximum absolute atomic E-state index is 12.2. The lowest BCUT2D eigenvalue weighted by atomic mass is 10.2. The zero-order valence-corrected chi connectivity index (χ0v) is 12.9. The van der Waals surface area contributed by atoms with Crippen LogP contribution in [0.3, 0.4) is 0 Å². The van der Waals surface area contributed by atoms with Gasteiger partial charge in [-0.1, -0.05) is 29.8 Å². The molecule has 2 aromatic carbocycles. The van der Waals surface area contributed by atoms with E-state index in [-0.39, 0.29) is 17.1 Å². The molecule has 0 atom stereocenters. The Labute approximate surface area is 128 Å². The second-order valence-electron chi connectivity index (χ2n) is 4.32. The third kappa shape index (κ3) is 3.66. The molecule has 0 aliphatic heterocycles. The number of halogens is 1. The van der Waals surface area contributed by atoms with E-state index in [1.165, 1.54) is 25.3 Å². The molecule has 0 saturated heterocycles. The average Bonchev–Trinajstić information content (AvgIpc) is 2.46. The molecular formula is C14H15ClN2O3S. The van der Waals surface area contributed by atoms with Crippen LogP contribution in [0.15, 0.2) is 47.4 Å². The molecule has 0 aliphatic carbocycles. The number of hydrogen-bond acceptors (Lipinski definition) is 4. The standard InChI is InChI=1S/C14H15ClN2O3S/c1-20-14-7-6-11(8-13(14)16)21(18,19)17-9-10-4-2-3-5-12(10)15/h2-8,17H,9,16H2,1H3. The van der Waals surface area contributed by atoms with Gasteiger partial charge in [0.2, 0.25) is 10.0 Å². The second kappa shape index (κ2) is 6.34. The minimum atomic E-state index is -3.67. The summed E-state index contributed by atoms with van der Waals surface area (Å²) in [6, 6.07) is 11.3. The number of nitrogens with one attached hydrogen (secondary N) is 1. The Kier molecular flexibility index (Phi) is 4.72. The minimum absolute atomic E-state index is 0.0767. The summed E-state index contributed by atoms with van der Waals surface area (Å²) in [7, 11) is -2.20. The summed E-state index contributed by atoms with van der Waals surface area (Å²) in [5.74, 6) is 0.431. The highest BCUT2D eigenvalue weighted by atomic mass is 35.5. The van der Waals surface area contributed by atoms with Crippen molar-refractivity contribution in [3.63, 3.8) is 0 Å². The molecule has 21 heavy (non-hydrogen) atoms. The summed E-state index contributed by atoms with van der Waals surface area (Å²) in [5.41, 5.74) is 6.68. The van der Waals surface area contributed by atoms with Crippen molar-refractivity contribution < 1.29 is 13.2 Å². The van der Waals surface area contributed by atoms with Crippen LogP contribution in [0.2, 0.25) is 5.02 Å². The van der Waals surface area contributed by atoms with Crippen LogP contribution >= 0.6 is 11.6 Å². The number of benzene rings is 2. The number of rotatable bonds is 5. The Morgan fingerprint density at radius 1 is 1.24 bits per heavy atom. The van der Waals surface area contributed by atoms with Gasteiger partial charge in [-0.15, -0.1) is 0 Å². The Morgan fingerprint density at radius 3 is 2.57 bits per heavy atom. The number of methoxy groups -OCH3 is 1. The van der Waals surface area contributed by atoms with E-state index < -0.39 is 10.0 Å². The van der Waals surface area contributed by atoms with E-state index in [4.69, 9.17) is 22.1 Å².